The number of carboxylic acids is 1. The molecule has 0 amide bonds. The van der Waals surface area contributed by atoms with Gasteiger partial charge < -0.3 is 14.4 Å². The summed E-state index contributed by atoms with van der Waals surface area (Å²) in [5, 5.41) is 8.73. The fourth-order valence-electron chi connectivity index (χ4n) is 1.50. The van der Waals surface area contributed by atoms with E-state index in [4.69, 9.17) is 5.11 Å². The zero-order valence-electron chi connectivity index (χ0n) is 9.84. The van der Waals surface area contributed by atoms with Crippen molar-refractivity contribution in [1.29, 1.82) is 0 Å². The fraction of sp³-hybridized carbons (Fsp3) is 0.333. The number of carboxylic acid groups (broad SMARTS) is 1. The molecule has 5 nitrogen and oxygen atoms in total. The molecule has 0 aliphatic heterocycles. The van der Waals surface area contributed by atoms with Crippen LogP contribution in [0.1, 0.15) is 19.0 Å². The molecule has 0 spiro atoms. The summed E-state index contributed by atoms with van der Waals surface area (Å²) in [5.74, 6) is -1.67. The summed E-state index contributed by atoms with van der Waals surface area (Å²) < 4.78 is 6.46. The number of carbonyl (C=O) groups is 2. The molecule has 0 unspecified atom stereocenters. The average Bonchev–Trinajstić information content (AvgIpc) is 2.73. The second kappa shape index (κ2) is 5.89. The lowest BCUT2D eigenvalue weighted by Gasteiger charge is -2.05. The zero-order chi connectivity index (χ0) is 12.8. The molecule has 1 heterocycles. The Labute approximate surface area is 99.3 Å². The summed E-state index contributed by atoms with van der Waals surface area (Å²) in [6, 6.07) is 3.65. The van der Waals surface area contributed by atoms with Crippen LogP contribution in [0.15, 0.2) is 23.9 Å². The summed E-state index contributed by atoms with van der Waals surface area (Å²) in [5.41, 5.74) is 0.919. The Morgan fingerprint density at radius 2 is 2.24 bits per heavy atom. The third-order valence-electron chi connectivity index (χ3n) is 2.32. The van der Waals surface area contributed by atoms with Crippen LogP contribution in [-0.2, 0) is 20.9 Å². The van der Waals surface area contributed by atoms with Gasteiger partial charge in [-0.15, -0.1) is 0 Å². The lowest BCUT2D eigenvalue weighted by Crippen LogP contribution is -2.10. The quantitative estimate of drug-likeness (QED) is 0.623. The first-order valence-electron chi connectivity index (χ1n) is 5.24. The number of rotatable bonds is 5. The molecule has 0 atom stereocenters. The van der Waals surface area contributed by atoms with Crippen LogP contribution in [0.5, 0.6) is 0 Å². The van der Waals surface area contributed by atoms with Crippen molar-refractivity contribution in [1.82, 2.24) is 4.57 Å². The number of esters is 1. The van der Waals surface area contributed by atoms with Gasteiger partial charge in [-0.05, 0) is 25.1 Å². The predicted molar refractivity (Wildman–Crippen MR) is 62.4 cm³/mol. The van der Waals surface area contributed by atoms with E-state index in [-0.39, 0.29) is 12.0 Å². The molecule has 1 N–H and O–H groups in total. The summed E-state index contributed by atoms with van der Waals surface area (Å²) in [6.45, 7) is 2.71. The van der Waals surface area contributed by atoms with E-state index in [9.17, 15) is 9.59 Å². The highest BCUT2D eigenvalue weighted by Crippen LogP contribution is 2.12. The van der Waals surface area contributed by atoms with E-state index in [0.717, 1.165) is 12.2 Å². The third-order valence-corrected chi connectivity index (χ3v) is 2.32. The van der Waals surface area contributed by atoms with Crippen LogP contribution in [0.25, 0.3) is 6.08 Å². The number of hydrogen-bond donors (Lipinski definition) is 1. The Kier molecular flexibility index (Phi) is 4.51. The van der Waals surface area contributed by atoms with E-state index in [1.165, 1.54) is 7.11 Å². The smallest absolute Gasteiger partial charge is 0.334 e. The molecule has 0 fully saturated rings. The maximum absolute atomic E-state index is 11.4. The Hall–Kier alpha value is -2.04. The van der Waals surface area contributed by atoms with Crippen molar-refractivity contribution in [2.75, 3.05) is 7.11 Å². The number of nitrogens with zero attached hydrogens (tertiary/aromatic N) is 1. The standard InChI is InChI=1S/C12H15NO4/c1-3-13-6-4-5-10(13)7-9(8-11(14)15)12(16)17-2/h4-7H,3,8H2,1-2H3,(H,14,15)/b9-7-. The highest BCUT2D eigenvalue weighted by atomic mass is 16.5. The number of carbonyl (C=O) groups excluding carboxylic acids is 1. The van der Waals surface area contributed by atoms with Crippen molar-refractivity contribution in [3.63, 3.8) is 0 Å². The minimum Gasteiger partial charge on any atom is -0.481 e. The molecule has 0 aromatic carbocycles. The van der Waals surface area contributed by atoms with Crippen molar-refractivity contribution in [2.24, 2.45) is 0 Å². The maximum Gasteiger partial charge on any atom is 0.334 e. The first kappa shape index (κ1) is 13.0. The molecule has 0 saturated heterocycles. The fourth-order valence-corrected chi connectivity index (χ4v) is 1.50. The first-order valence-corrected chi connectivity index (χ1v) is 5.24. The molecule has 92 valence electrons. The van der Waals surface area contributed by atoms with Crippen LogP contribution in [-0.4, -0.2) is 28.7 Å². The van der Waals surface area contributed by atoms with Crippen LogP contribution in [0.2, 0.25) is 0 Å². The molecule has 1 aromatic rings. The van der Waals surface area contributed by atoms with E-state index < -0.39 is 11.9 Å². The SMILES string of the molecule is CCn1cccc1/C=C(/CC(=O)O)C(=O)OC. The number of hydrogen-bond acceptors (Lipinski definition) is 3. The van der Waals surface area contributed by atoms with Crippen molar-refractivity contribution >= 4 is 18.0 Å². The Balaban J connectivity index is 3.04. The second-order valence-electron chi connectivity index (χ2n) is 3.45. The lowest BCUT2D eigenvalue weighted by atomic mass is 10.1. The number of aryl methyl sites for hydroxylation is 1. The monoisotopic (exact) mass is 237 g/mol. The summed E-state index contributed by atoms with van der Waals surface area (Å²) in [6.07, 6.45) is 3.06. The van der Waals surface area contributed by atoms with Gasteiger partial charge in [-0.25, -0.2) is 4.79 Å². The molecule has 0 aliphatic rings. The molecule has 1 aromatic heterocycles. The molecule has 17 heavy (non-hydrogen) atoms. The molecule has 5 heteroatoms. The van der Waals surface area contributed by atoms with E-state index in [1.807, 2.05) is 29.8 Å². The van der Waals surface area contributed by atoms with E-state index >= 15 is 0 Å². The van der Waals surface area contributed by atoms with Gasteiger partial charge in [-0.3, -0.25) is 4.79 Å². The maximum atomic E-state index is 11.4. The topological polar surface area (TPSA) is 68.5 Å². The molecule has 0 aliphatic carbocycles. The van der Waals surface area contributed by atoms with Crippen LogP contribution in [0.3, 0.4) is 0 Å². The highest BCUT2D eigenvalue weighted by Gasteiger charge is 2.14. The number of aromatic nitrogens is 1. The number of methoxy groups -OCH3 is 1. The van der Waals surface area contributed by atoms with Crippen molar-refractivity contribution in [3.05, 3.63) is 29.6 Å². The Morgan fingerprint density at radius 3 is 2.76 bits per heavy atom. The van der Waals surface area contributed by atoms with Crippen molar-refractivity contribution in [3.8, 4) is 0 Å². The molecule has 0 bridgehead atoms. The predicted octanol–water partition coefficient (Wildman–Crippen LogP) is 1.54. The van der Waals surface area contributed by atoms with Gasteiger partial charge in [0.25, 0.3) is 0 Å². The summed E-state index contributed by atoms with van der Waals surface area (Å²) in [4.78, 5) is 22.1. The van der Waals surface area contributed by atoms with Gasteiger partial charge in [0.1, 0.15) is 0 Å². The summed E-state index contributed by atoms with van der Waals surface area (Å²) >= 11 is 0. The van der Waals surface area contributed by atoms with Crippen LogP contribution >= 0.6 is 0 Å². The van der Waals surface area contributed by atoms with Gasteiger partial charge in [-0.1, -0.05) is 0 Å². The van der Waals surface area contributed by atoms with Gasteiger partial charge in [-0.2, -0.15) is 0 Å². The van der Waals surface area contributed by atoms with E-state index in [1.54, 1.807) is 6.08 Å². The van der Waals surface area contributed by atoms with Gasteiger partial charge in [0.05, 0.1) is 19.1 Å². The van der Waals surface area contributed by atoms with Gasteiger partial charge in [0.2, 0.25) is 0 Å². The molecular formula is C12H15NO4. The summed E-state index contributed by atoms with van der Waals surface area (Å²) in [7, 11) is 1.23. The normalized spacial score (nSPS) is 11.3. The highest BCUT2D eigenvalue weighted by molar-refractivity contribution is 5.97. The molecule has 0 radical (unpaired) electrons. The van der Waals surface area contributed by atoms with Crippen molar-refractivity contribution < 1.29 is 19.4 Å². The molecule has 1 rings (SSSR count). The minimum atomic E-state index is -1.06. The van der Waals surface area contributed by atoms with Crippen LogP contribution < -0.4 is 0 Å². The van der Waals surface area contributed by atoms with Crippen LogP contribution in [0.4, 0.5) is 0 Å². The third kappa shape index (κ3) is 3.48. The average molecular weight is 237 g/mol. The second-order valence-corrected chi connectivity index (χ2v) is 3.45. The largest absolute Gasteiger partial charge is 0.481 e. The lowest BCUT2D eigenvalue weighted by molar-refractivity contribution is -0.141. The van der Waals surface area contributed by atoms with Gasteiger partial charge >= 0.3 is 11.9 Å². The van der Waals surface area contributed by atoms with Crippen molar-refractivity contribution in [2.45, 2.75) is 19.9 Å². The number of aliphatic carboxylic acids is 1. The molecular weight excluding hydrogens is 222 g/mol. The minimum absolute atomic E-state index is 0.133. The van der Waals surface area contributed by atoms with Gasteiger partial charge in [0, 0.05) is 18.4 Å². The van der Waals surface area contributed by atoms with Crippen LogP contribution in [0, 0.1) is 0 Å². The van der Waals surface area contributed by atoms with E-state index in [0.29, 0.717) is 0 Å². The zero-order valence-corrected chi connectivity index (χ0v) is 9.84. The van der Waals surface area contributed by atoms with E-state index in [2.05, 4.69) is 4.74 Å². The first-order chi connectivity index (χ1) is 8.08. The van der Waals surface area contributed by atoms with Gasteiger partial charge in [0.15, 0.2) is 0 Å². The Bertz CT molecular complexity index is 445. The molecule has 0 saturated carbocycles. The Morgan fingerprint density at radius 1 is 1.53 bits per heavy atom. The number of ether oxygens (including phenoxy) is 1.